The van der Waals surface area contributed by atoms with E-state index in [1.54, 1.807) is 13.8 Å². The van der Waals surface area contributed by atoms with E-state index in [0.29, 0.717) is 17.3 Å². The summed E-state index contributed by atoms with van der Waals surface area (Å²) in [5.74, 6) is 0.698. The van der Waals surface area contributed by atoms with Crippen molar-refractivity contribution in [2.45, 2.75) is 26.3 Å². The number of aryl methyl sites for hydroxylation is 2. The van der Waals surface area contributed by atoms with Gasteiger partial charge in [0.1, 0.15) is 0 Å². The fourth-order valence-electron chi connectivity index (χ4n) is 1.77. The summed E-state index contributed by atoms with van der Waals surface area (Å²) in [6.45, 7) is 5.30. The molecule has 16 heavy (non-hydrogen) atoms. The third-order valence-corrected chi connectivity index (χ3v) is 2.51. The molecule has 5 nitrogen and oxygen atoms in total. The van der Waals surface area contributed by atoms with Gasteiger partial charge in [0, 0.05) is 19.5 Å². The monoisotopic (exact) mass is 245 g/mol. The molecular formula is C10H16ClN3O2. The Balaban J connectivity index is 0.00000128. The summed E-state index contributed by atoms with van der Waals surface area (Å²) in [5, 5.41) is 6.10. The Morgan fingerprint density at radius 3 is 2.81 bits per heavy atom. The first-order valence-corrected chi connectivity index (χ1v) is 5.12. The standard InChI is InChI=1S/C10H15N3O2.ClH/c1-6-9(15-7(2)12-6)10(14)13-8-3-4-11-5-8;/h8,11H,3-5H2,1-2H3,(H,13,14);1H. The van der Waals surface area contributed by atoms with Crippen LogP contribution in [-0.2, 0) is 0 Å². The van der Waals surface area contributed by atoms with Crippen molar-refractivity contribution < 1.29 is 9.21 Å². The topological polar surface area (TPSA) is 67.2 Å². The lowest BCUT2D eigenvalue weighted by Crippen LogP contribution is -2.36. The van der Waals surface area contributed by atoms with Crippen molar-refractivity contribution in [3.05, 3.63) is 17.3 Å². The predicted octanol–water partition coefficient (Wildman–Crippen LogP) is 0.805. The number of nitrogens with one attached hydrogen (secondary N) is 2. The largest absolute Gasteiger partial charge is 0.436 e. The van der Waals surface area contributed by atoms with Gasteiger partial charge in [0.2, 0.25) is 5.76 Å². The Labute approximate surface area is 100 Å². The van der Waals surface area contributed by atoms with Gasteiger partial charge in [0.15, 0.2) is 5.89 Å². The first-order chi connectivity index (χ1) is 7.16. The van der Waals surface area contributed by atoms with Crippen LogP contribution in [0.3, 0.4) is 0 Å². The van der Waals surface area contributed by atoms with E-state index in [9.17, 15) is 4.79 Å². The van der Waals surface area contributed by atoms with E-state index in [4.69, 9.17) is 4.42 Å². The number of nitrogens with zero attached hydrogens (tertiary/aromatic N) is 1. The van der Waals surface area contributed by atoms with E-state index in [-0.39, 0.29) is 24.4 Å². The average molecular weight is 246 g/mol. The first kappa shape index (κ1) is 13.0. The minimum absolute atomic E-state index is 0. The van der Waals surface area contributed by atoms with Crippen molar-refractivity contribution in [2.24, 2.45) is 0 Å². The van der Waals surface area contributed by atoms with Crippen LogP contribution in [0.4, 0.5) is 0 Å². The maximum Gasteiger partial charge on any atom is 0.289 e. The van der Waals surface area contributed by atoms with Gasteiger partial charge >= 0.3 is 0 Å². The molecule has 6 heteroatoms. The van der Waals surface area contributed by atoms with Crippen molar-refractivity contribution in [3.8, 4) is 0 Å². The SMILES string of the molecule is Cc1nc(C)c(C(=O)NC2CCNC2)o1.Cl. The quantitative estimate of drug-likeness (QED) is 0.809. The minimum Gasteiger partial charge on any atom is -0.436 e. The highest BCUT2D eigenvalue weighted by Gasteiger charge is 2.21. The number of aromatic nitrogens is 1. The molecule has 90 valence electrons. The van der Waals surface area contributed by atoms with Crippen LogP contribution in [0.15, 0.2) is 4.42 Å². The lowest BCUT2D eigenvalue weighted by Gasteiger charge is -2.09. The molecule has 1 atom stereocenters. The van der Waals surface area contributed by atoms with Gasteiger partial charge in [-0.1, -0.05) is 0 Å². The number of amides is 1. The van der Waals surface area contributed by atoms with Crippen LogP contribution in [-0.4, -0.2) is 30.0 Å². The molecule has 0 bridgehead atoms. The lowest BCUT2D eigenvalue weighted by atomic mass is 10.2. The Kier molecular flexibility index (Phi) is 4.32. The van der Waals surface area contributed by atoms with Crippen LogP contribution in [0.2, 0.25) is 0 Å². The van der Waals surface area contributed by atoms with E-state index < -0.39 is 0 Å². The van der Waals surface area contributed by atoms with Crippen molar-refractivity contribution in [3.63, 3.8) is 0 Å². The molecule has 0 aliphatic carbocycles. The van der Waals surface area contributed by atoms with E-state index in [1.165, 1.54) is 0 Å². The zero-order valence-electron chi connectivity index (χ0n) is 9.37. The molecule has 2 rings (SSSR count). The van der Waals surface area contributed by atoms with Gasteiger partial charge in [0.05, 0.1) is 5.69 Å². The van der Waals surface area contributed by atoms with Gasteiger partial charge in [-0.15, -0.1) is 12.4 Å². The van der Waals surface area contributed by atoms with Gasteiger partial charge in [0.25, 0.3) is 5.91 Å². The van der Waals surface area contributed by atoms with Crippen LogP contribution < -0.4 is 10.6 Å². The summed E-state index contributed by atoms with van der Waals surface area (Å²) in [6, 6.07) is 0.210. The molecule has 0 saturated carbocycles. The second kappa shape index (κ2) is 5.32. The molecule has 1 amide bonds. The Hall–Kier alpha value is -1.07. The van der Waals surface area contributed by atoms with Gasteiger partial charge in [-0.05, 0) is 19.9 Å². The smallest absolute Gasteiger partial charge is 0.289 e. The Bertz CT molecular complexity index is 372. The fraction of sp³-hybridized carbons (Fsp3) is 0.600. The minimum atomic E-state index is -0.165. The predicted molar refractivity (Wildman–Crippen MR) is 62.0 cm³/mol. The van der Waals surface area contributed by atoms with Crippen LogP contribution in [0.25, 0.3) is 0 Å². The Morgan fingerprint density at radius 1 is 1.56 bits per heavy atom. The van der Waals surface area contributed by atoms with Crippen LogP contribution in [0.5, 0.6) is 0 Å². The van der Waals surface area contributed by atoms with Crippen LogP contribution in [0.1, 0.15) is 28.6 Å². The summed E-state index contributed by atoms with van der Waals surface area (Å²) < 4.78 is 5.24. The summed E-state index contributed by atoms with van der Waals surface area (Å²) in [6.07, 6.45) is 0.970. The van der Waals surface area contributed by atoms with Crippen LogP contribution >= 0.6 is 12.4 Å². The van der Waals surface area contributed by atoms with Gasteiger partial charge in [-0.2, -0.15) is 0 Å². The molecule has 0 radical (unpaired) electrons. The molecule has 2 N–H and O–H groups in total. The molecule has 0 aromatic carbocycles. The second-order valence-electron chi connectivity index (χ2n) is 3.81. The van der Waals surface area contributed by atoms with Gasteiger partial charge in [-0.3, -0.25) is 4.79 Å². The van der Waals surface area contributed by atoms with E-state index in [2.05, 4.69) is 15.6 Å². The number of rotatable bonds is 2. The molecule has 1 unspecified atom stereocenters. The fourth-order valence-corrected chi connectivity index (χ4v) is 1.77. The maximum absolute atomic E-state index is 11.8. The van der Waals surface area contributed by atoms with Gasteiger partial charge in [-0.25, -0.2) is 4.98 Å². The van der Waals surface area contributed by atoms with Crippen molar-refractivity contribution in [2.75, 3.05) is 13.1 Å². The number of hydrogen-bond donors (Lipinski definition) is 2. The highest BCUT2D eigenvalue weighted by Crippen LogP contribution is 2.10. The van der Waals surface area contributed by atoms with Gasteiger partial charge < -0.3 is 15.1 Å². The normalized spacial score (nSPS) is 19.2. The summed E-state index contributed by atoms with van der Waals surface area (Å²) in [5.41, 5.74) is 0.649. The number of hydrogen-bond acceptors (Lipinski definition) is 4. The molecule has 1 saturated heterocycles. The number of carbonyl (C=O) groups excluding carboxylic acids is 1. The molecule has 2 heterocycles. The molecule has 1 aliphatic heterocycles. The Morgan fingerprint density at radius 2 is 2.31 bits per heavy atom. The van der Waals surface area contributed by atoms with E-state index >= 15 is 0 Å². The third kappa shape index (κ3) is 2.74. The number of carbonyl (C=O) groups is 1. The van der Waals surface area contributed by atoms with E-state index in [1.807, 2.05) is 0 Å². The molecule has 1 aliphatic rings. The van der Waals surface area contributed by atoms with Crippen molar-refractivity contribution in [1.82, 2.24) is 15.6 Å². The molecule has 0 spiro atoms. The molecule has 1 fully saturated rings. The summed E-state index contributed by atoms with van der Waals surface area (Å²) in [4.78, 5) is 15.8. The second-order valence-corrected chi connectivity index (χ2v) is 3.81. The highest BCUT2D eigenvalue weighted by atomic mass is 35.5. The summed E-state index contributed by atoms with van der Waals surface area (Å²) in [7, 11) is 0. The highest BCUT2D eigenvalue weighted by molar-refractivity contribution is 5.92. The zero-order valence-corrected chi connectivity index (χ0v) is 10.2. The number of halogens is 1. The van der Waals surface area contributed by atoms with Crippen molar-refractivity contribution in [1.29, 1.82) is 0 Å². The first-order valence-electron chi connectivity index (χ1n) is 5.12. The third-order valence-electron chi connectivity index (χ3n) is 2.51. The molecule has 1 aromatic rings. The van der Waals surface area contributed by atoms with Crippen LogP contribution in [0, 0.1) is 13.8 Å². The van der Waals surface area contributed by atoms with E-state index in [0.717, 1.165) is 19.5 Å². The number of oxazole rings is 1. The molecule has 1 aromatic heterocycles. The summed E-state index contributed by atoms with van der Waals surface area (Å²) >= 11 is 0. The zero-order chi connectivity index (χ0) is 10.8. The molecular weight excluding hydrogens is 230 g/mol. The average Bonchev–Trinajstić information content (AvgIpc) is 2.75. The lowest BCUT2D eigenvalue weighted by molar-refractivity contribution is 0.0910. The maximum atomic E-state index is 11.8. The van der Waals surface area contributed by atoms with Crippen molar-refractivity contribution >= 4 is 18.3 Å².